The van der Waals surface area contributed by atoms with E-state index in [1.165, 1.54) is 6.42 Å². The fraction of sp³-hybridized carbons (Fsp3) is 0.529. The minimum absolute atomic E-state index is 0.0735. The van der Waals surface area contributed by atoms with Gasteiger partial charge in [0.1, 0.15) is 17.4 Å². The van der Waals surface area contributed by atoms with E-state index in [2.05, 4.69) is 21.4 Å². The first-order valence-electron chi connectivity index (χ1n) is 8.21. The van der Waals surface area contributed by atoms with Crippen LogP contribution in [0.1, 0.15) is 36.0 Å². The summed E-state index contributed by atoms with van der Waals surface area (Å²) in [6.45, 7) is 5.15. The van der Waals surface area contributed by atoms with Crippen LogP contribution in [-0.4, -0.2) is 41.3 Å². The van der Waals surface area contributed by atoms with E-state index in [0.29, 0.717) is 19.0 Å². The van der Waals surface area contributed by atoms with Crippen molar-refractivity contribution in [1.82, 2.24) is 15.3 Å². The lowest BCUT2D eigenvalue weighted by Gasteiger charge is -2.26. The van der Waals surface area contributed by atoms with Crippen molar-refractivity contribution < 1.29 is 9.52 Å². The van der Waals surface area contributed by atoms with E-state index in [1.54, 1.807) is 6.26 Å². The molecule has 1 aliphatic heterocycles. The lowest BCUT2D eigenvalue weighted by atomic mass is 9.96. The average Bonchev–Trinajstić information content (AvgIpc) is 3.08. The Kier molecular flexibility index (Phi) is 5.25. The fourth-order valence-corrected chi connectivity index (χ4v) is 3.04. The zero-order valence-electron chi connectivity index (χ0n) is 13.5. The summed E-state index contributed by atoms with van der Waals surface area (Å²) in [5.74, 6) is 2.91. The SMILES string of the molecule is Cc1nc(C2CCCNC2)cc(N(CCO)Cc2ccco2)n1. The zero-order chi connectivity index (χ0) is 16.1. The molecule has 1 aliphatic rings. The summed E-state index contributed by atoms with van der Waals surface area (Å²) >= 11 is 0. The maximum absolute atomic E-state index is 9.39. The quantitative estimate of drug-likeness (QED) is 0.847. The third-order valence-electron chi connectivity index (χ3n) is 4.18. The number of piperidine rings is 1. The van der Waals surface area contributed by atoms with Crippen LogP contribution in [0, 0.1) is 6.92 Å². The lowest BCUT2D eigenvalue weighted by Crippen LogP contribution is -2.30. The molecule has 1 saturated heterocycles. The monoisotopic (exact) mass is 316 g/mol. The van der Waals surface area contributed by atoms with Crippen LogP contribution in [0.25, 0.3) is 0 Å². The summed E-state index contributed by atoms with van der Waals surface area (Å²) in [6.07, 6.45) is 3.99. The van der Waals surface area contributed by atoms with Crippen LogP contribution < -0.4 is 10.2 Å². The Morgan fingerprint density at radius 1 is 1.43 bits per heavy atom. The topological polar surface area (TPSA) is 74.4 Å². The van der Waals surface area contributed by atoms with Crippen molar-refractivity contribution in [2.45, 2.75) is 32.2 Å². The minimum atomic E-state index is 0.0735. The highest BCUT2D eigenvalue weighted by molar-refractivity contribution is 5.41. The van der Waals surface area contributed by atoms with Crippen molar-refractivity contribution in [3.8, 4) is 0 Å². The Balaban J connectivity index is 1.84. The fourth-order valence-electron chi connectivity index (χ4n) is 3.04. The molecule has 6 heteroatoms. The molecule has 0 spiro atoms. The molecule has 3 rings (SSSR count). The number of anilines is 1. The van der Waals surface area contributed by atoms with Gasteiger partial charge in [-0.2, -0.15) is 0 Å². The van der Waals surface area contributed by atoms with Crippen LogP contribution in [0.4, 0.5) is 5.82 Å². The highest BCUT2D eigenvalue weighted by Crippen LogP contribution is 2.25. The van der Waals surface area contributed by atoms with Crippen molar-refractivity contribution in [2.75, 3.05) is 31.1 Å². The number of aryl methyl sites for hydroxylation is 1. The Labute approximate surface area is 136 Å². The van der Waals surface area contributed by atoms with Crippen molar-refractivity contribution in [3.05, 3.63) is 41.7 Å². The predicted octanol–water partition coefficient (Wildman–Crippen LogP) is 1.84. The predicted molar refractivity (Wildman–Crippen MR) is 88.5 cm³/mol. The van der Waals surface area contributed by atoms with E-state index < -0.39 is 0 Å². The third kappa shape index (κ3) is 4.09. The molecule has 0 bridgehead atoms. The molecule has 1 atom stereocenters. The minimum Gasteiger partial charge on any atom is -0.467 e. The molecule has 6 nitrogen and oxygen atoms in total. The second kappa shape index (κ2) is 7.57. The van der Waals surface area contributed by atoms with E-state index in [1.807, 2.05) is 24.0 Å². The smallest absolute Gasteiger partial charge is 0.133 e. The van der Waals surface area contributed by atoms with Crippen LogP contribution in [0.15, 0.2) is 28.9 Å². The zero-order valence-corrected chi connectivity index (χ0v) is 13.5. The van der Waals surface area contributed by atoms with E-state index >= 15 is 0 Å². The molecule has 1 unspecified atom stereocenters. The average molecular weight is 316 g/mol. The highest BCUT2D eigenvalue weighted by atomic mass is 16.3. The molecule has 0 radical (unpaired) electrons. The lowest BCUT2D eigenvalue weighted by molar-refractivity contribution is 0.299. The molecule has 124 valence electrons. The molecule has 23 heavy (non-hydrogen) atoms. The molecule has 2 N–H and O–H groups in total. The van der Waals surface area contributed by atoms with Gasteiger partial charge in [0.25, 0.3) is 0 Å². The van der Waals surface area contributed by atoms with E-state index in [4.69, 9.17) is 4.42 Å². The van der Waals surface area contributed by atoms with Gasteiger partial charge in [0.15, 0.2) is 0 Å². The molecule has 0 aliphatic carbocycles. The number of aromatic nitrogens is 2. The van der Waals surface area contributed by atoms with E-state index in [-0.39, 0.29) is 6.61 Å². The first-order chi connectivity index (χ1) is 11.3. The molecule has 0 aromatic carbocycles. The van der Waals surface area contributed by atoms with Gasteiger partial charge in [-0.3, -0.25) is 0 Å². The standard InChI is InChI=1S/C17H24N4O2/c1-13-19-16(14-4-2-6-18-11-14)10-17(20-13)21(7-8-22)12-15-5-3-9-23-15/h3,5,9-10,14,18,22H,2,4,6-8,11-12H2,1H3. The van der Waals surface area contributed by atoms with Crippen molar-refractivity contribution >= 4 is 5.82 Å². The van der Waals surface area contributed by atoms with Gasteiger partial charge in [0.2, 0.25) is 0 Å². The van der Waals surface area contributed by atoms with Gasteiger partial charge >= 0.3 is 0 Å². The molecule has 2 aromatic rings. The van der Waals surface area contributed by atoms with Crippen molar-refractivity contribution in [2.24, 2.45) is 0 Å². The molecule has 0 saturated carbocycles. The van der Waals surface area contributed by atoms with Crippen LogP contribution in [-0.2, 0) is 6.54 Å². The van der Waals surface area contributed by atoms with Gasteiger partial charge in [-0.05, 0) is 38.4 Å². The Morgan fingerprint density at radius 3 is 3.04 bits per heavy atom. The second-order valence-corrected chi connectivity index (χ2v) is 5.97. The van der Waals surface area contributed by atoms with Gasteiger partial charge in [-0.25, -0.2) is 9.97 Å². The number of nitrogens with zero attached hydrogens (tertiary/aromatic N) is 3. The van der Waals surface area contributed by atoms with Crippen molar-refractivity contribution in [3.63, 3.8) is 0 Å². The third-order valence-corrected chi connectivity index (χ3v) is 4.18. The number of hydrogen-bond donors (Lipinski definition) is 2. The van der Waals surface area contributed by atoms with Gasteiger partial charge in [-0.15, -0.1) is 0 Å². The number of rotatable bonds is 6. The highest BCUT2D eigenvalue weighted by Gasteiger charge is 2.19. The summed E-state index contributed by atoms with van der Waals surface area (Å²) in [4.78, 5) is 11.2. The van der Waals surface area contributed by atoms with Gasteiger partial charge in [-0.1, -0.05) is 0 Å². The summed E-state index contributed by atoms with van der Waals surface area (Å²) < 4.78 is 5.43. The number of aliphatic hydroxyl groups is 1. The second-order valence-electron chi connectivity index (χ2n) is 5.97. The number of nitrogens with one attached hydrogen (secondary N) is 1. The summed E-state index contributed by atoms with van der Waals surface area (Å²) in [5, 5.41) is 12.8. The summed E-state index contributed by atoms with van der Waals surface area (Å²) in [6, 6.07) is 5.87. The Bertz CT molecular complexity index is 609. The summed E-state index contributed by atoms with van der Waals surface area (Å²) in [7, 11) is 0. The number of furan rings is 1. The molecule has 3 heterocycles. The van der Waals surface area contributed by atoms with Crippen LogP contribution >= 0.6 is 0 Å². The van der Waals surface area contributed by atoms with Crippen LogP contribution in [0.2, 0.25) is 0 Å². The summed E-state index contributed by atoms with van der Waals surface area (Å²) in [5.41, 5.74) is 1.09. The van der Waals surface area contributed by atoms with E-state index in [9.17, 15) is 5.11 Å². The van der Waals surface area contributed by atoms with E-state index in [0.717, 1.165) is 42.6 Å². The maximum atomic E-state index is 9.39. The molecule has 1 fully saturated rings. The maximum Gasteiger partial charge on any atom is 0.133 e. The molecule has 0 amide bonds. The Hall–Kier alpha value is -1.92. The number of hydrogen-bond acceptors (Lipinski definition) is 6. The van der Waals surface area contributed by atoms with Crippen LogP contribution in [0.3, 0.4) is 0 Å². The molecule has 2 aromatic heterocycles. The molecular formula is C17H24N4O2. The first kappa shape index (κ1) is 16.0. The normalized spacial score (nSPS) is 18.1. The molecular weight excluding hydrogens is 292 g/mol. The van der Waals surface area contributed by atoms with Gasteiger partial charge in [0, 0.05) is 25.1 Å². The largest absolute Gasteiger partial charge is 0.467 e. The van der Waals surface area contributed by atoms with Gasteiger partial charge in [0.05, 0.1) is 25.1 Å². The Morgan fingerprint density at radius 2 is 2.35 bits per heavy atom. The first-order valence-corrected chi connectivity index (χ1v) is 8.21. The van der Waals surface area contributed by atoms with Crippen molar-refractivity contribution in [1.29, 1.82) is 0 Å². The number of aliphatic hydroxyl groups excluding tert-OH is 1. The van der Waals surface area contributed by atoms with Crippen LogP contribution in [0.5, 0.6) is 0 Å². The van der Waals surface area contributed by atoms with Gasteiger partial charge < -0.3 is 19.7 Å².